The lowest BCUT2D eigenvalue weighted by Crippen LogP contribution is -1.87. The van der Waals surface area contributed by atoms with Crippen LogP contribution in [0.25, 0.3) is 0 Å². The number of rotatable bonds is 9. The Morgan fingerprint density at radius 3 is 2.39 bits per heavy atom. The largest absolute Gasteiger partial charge is 0.240 e. The topological polar surface area (TPSA) is 29.4 Å². The second-order valence-electron chi connectivity index (χ2n) is 4.70. The van der Waals surface area contributed by atoms with Crippen LogP contribution in [0.2, 0.25) is 0 Å². The SMILES string of the molecule is CCCCCCCCCc1ccccc1N=C=O. The molecule has 18 heavy (non-hydrogen) atoms. The molecule has 0 aliphatic rings. The zero-order chi connectivity index (χ0) is 13.1. The predicted octanol–water partition coefficient (Wildman–Crippen LogP) is 4.95. The standard InChI is InChI=1S/C16H23NO/c1-2-3-4-5-6-7-8-11-15-12-9-10-13-16(15)17-14-18/h9-10,12-13H,2-8,11H2,1H3. The Morgan fingerprint density at radius 2 is 1.67 bits per heavy atom. The summed E-state index contributed by atoms with van der Waals surface area (Å²) in [7, 11) is 0. The lowest BCUT2D eigenvalue weighted by atomic mass is 10.0. The first-order chi connectivity index (χ1) is 8.88. The Bertz CT molecular complexity index is 380. The van der Waals surface area contributed by atoms with E-state index in [1.54, 1.807) is 6.08 Å². The summed E-state index contributed by atoms with van der Waals surface area (Å²) < 4.78 is 0. The van der Waals surface area contributed by atoms with Gasteiger partial charge in [0, 0.05) is 0 Å². The number of hydrogen-bond donors (Lipinski definition) is 0. The van der Waals surface area contributed by atoms with Gasteiger partial charge in [-0.3, -0.25) is 0 Å². The van der Waals surface area contributed by atoms with Crippen molar-refractivity contribution in [2.45, 2.75) is 58.3 Å². The fourth-order valence-corrected chi connectivity index (χ4v) is 2.15. The third kappa shape index (κ3) is 5.79. The zero-order valence-electron chi connectivity index (χ0n) is 11.3. The number of aryl methyl sites for hydroxylation is 1. The molecule has 2 nitrogen and oxygen atoms in total. The van der Waals surface area contributed by atoms with Crippen LogP contribution in [-0.2, 0) is 11.2 Å². The molecule has 0 N–H and O–H groups in total. The van der Waals surface area contributed by atoms with Gasteiger partial charge in [-0.15, -0.1) is 0 Å². The number of nitrogens with zero attached hydrogens (tertiary/aromatic N) is 1. The zero-order valence-corrected chi connectivity index (χ0v) is 11.3. The van der Waals surface area contributed by atoms with Gasteiger partial charge in [0.15, 0.2) is 0 Å². The number of isocyanates is 1. The number of para-hydroxylation sites is 1. The quantitative estimate of drug-likeness (QED) is 0.344. The minimum absolute atomic E-state index is 0.776. The lowest BCUT2D eigenvalue weighted by Gasteiger charge is -2.04. The van der Waals surface area contributed by atoms with Crippen molar-refractivity contribution in [3.63, 3.8) is 0 Å². The van der Waals surface area contributed by atoms with Gasteiger partial charge in [-0.25, -0.2) is 4.79 Å². The highest BCUT2D eigenvalue weighted by Crippen LogP contribution is 2.20. The Morgan fingerprint density at radius 1 is 1.00 bits per heavy atom. The molecule has 0 spiro atoms. The number of carbonyl (C=O) groups excluding carboxylic acids is 1. The minimum Gasteiger partial charge on any atom is -0.211 e. The van der Waals surface area contributed by atoms with Gasteiger partial charge in [0.2, 0.25) is 6.08 Å². The molecule has 0 aliphatic heterocycles. The van der Waals surface area contributed by atoms with Crippen LogP contribution in [0, 0.1) is 0 Å². The highest BCUT2D eigenvalue weighted by molar-refractivity contribution is 5.53. The maximum absolute atomic E-state index is 10.3. The third-order valence-corrected chi connectivity index (χ3v) is 3.21. The number of aliphatic imine (C=N–C) groups is 1. The number of hydrogen-bond acceptors (Lipinski definition) is 2. The summed E-state index contributed by atoms with van der Waals surface area (Å²) in [6.07, 6.45) is 11.8. The number of benzene rings is 1. The van der Waals surface area contributed by atoms with E-state index in [1.165, 1.54) is 44.9 Å². The van der Waals surface area contributed by atoms with Crippen LogP contribution in [-0.4, -0.2) is 6.08 Å². The molecule has 0 fully saturated rings. The van der Waals surface area contributed by atoms with Gasteiger partial charge in [0.25, 0.3) is 0 Å². The van der Waals surface area contributed by atoms with Crippen molar-refractivity contribution in [3.8, 4) is 0 Å². The van der Waals surface area contributed by atoms with Gasteiger partial charge >= 0.3 is 0 Å². The van der Waals surface area contributed by atoms with Gasteiger partial charge < -0.3 is 0 Å². The van der Waals surface area contributed by atoms with E-state index in [9.17, 15) is 4.79 Å². The Labute approximate surface area is 110 Å². The number of unbranched alkanes of at least 4 members (excludes halogenated alkanes) is 6. The van der Waals surface area contributed by atoms with Crippen LogP contribution in [0.3, 0.4) is 0 Å². The van der Waals surface area contributed by atoms with E-state index < -0.39 is 0 Å². The second-order valence-corrected chi connectivity index (χ2v) is 4.70. The Hall–Kier alpha value is -1.40. The normalized spacial score (nSPS) is 10.1. The minimum atomic E-state index is 0.776. The van der Waals surface area contributed by atoms with E-state index in [0.29, 0.717) is 0 Å². The molecule has 0 bridgehead atoms. The van der Waals surface area contributed by atoms with E-state index in [2.05, 4.69) is 11.9 Å². The van der Waals surface area contributed by atoms with Crippen LogP contribution >= 0.6 is 0 Å². The molecule has 0 aliphatic carbocycles. The fourth-order valence-electron chi connectivity index (χ4n) is 2.15. The first-order valence-corrected chi connectivity index (χ1v) is 7.04. The van der Waals surface area contributed by atoms with Crippen molar-refractivity contribution >= 4 is 11.8 Å². The first-order valence-electron chi connectivity index (χ1n) is 7.04. The first kappa shape index (κ1) is 14.7. The van der Waals surface area contributed by atoms with Crippen LogP contribution in [0.15, 0.2) is 29.3 Å². The van der Waals surface area contributed by atoms with Crippen LogP contribution in [0.1, 0.15) is 57.4 Å². The summed E-state index contributed by atoms with van der Waals surface area (Å²) in [5.41, 5.74) is 1.94. The van der Waals surface area contributed by atoms with E-state index in [1.807, 2.05) is 24.3 Å². The van der Waals surface area contributed by atoms with Gasteiger partial charge in [0.05, 0.1) is 5.69 Å². The third-order valence-electron chi connectivity index (χ3n) is 3.21. The van der Waals surface area contributed by atoms with Gasteiger partial charge in [-0.05, 0) is 24.5 Å². The van der Waals surface area contributed by atoms with E-state index in [-0.39, 0.29) is 0 Å². The molecular weight excluding hydrogens is 222 g/mol. The maximum Gasteiger partial charge on any atom is 0.240 e. The maximum atomic E-state index is 10.3. The smallest absolute Gasteiger partial charge is 0.211 e. The van der Waals surface area contributed by atoms with Gasteiger partial charge in [-0.2, -0.15) is 4.99 Å². The predicted molar refractivity (Wildman–Crippen MR) is 75.9 cm³/mol. The van der Waals surface area contributed by atoms with Crippen molar-refractivity contribution in [1.82, 2.24) is 0 Å². The molecule has 0 saturated heterocycles. The lowest BCUT2D eigenvalue weighted by molar-refractivity contribution is 0.565. The average molecular weight is 245 g/mol. The van der Waals surface area contributed by atoms with Crippen LogP contribution in [0.5, 0.6) is 0 Å². The molecule has 1 rings (SSSR count). The molecule has 98 valence electrons. The molecule has 0 saturated carbocycles. The van der Waals surface area contributed by atoms with Crippen molar-refractivity contribution in [1.29, 1.82) is 0 Å². The molecule has 0 amide bonds. The molecule has 0 aromatic heterocycles. The highest BCUT2D eigenvalue weighted by atomic mass is 16.1. The highest BCUT2D eigenvalue weighted by Gasteiger charge is 2.00. The summed E-state index contributed by atoms with van der Waals surface area (Å²) in [5, 5.41) is 0. The van der Waals surface area contributed by atoms with E-state index in [0.717, 1.165) is 17.7 Å². The summed E-state index contributed by atoms with van der Waals surface area (Å²) >= 11 is 0. The molecule has 0 heterocycles. The summed E-state index contributed by atoms with van der Waals surface area (Å²) in [6.45, 7) is 2.24. The fraction of sp³-hybridized carbons (Fsp3) is 0.562. The molecular formula is C16H23NO. The van der Waals surface area contributed by atoms with E-state index >= 15 is 0 Å². The summed E-state index contributed by atoms with van der Waals surface area (Å²) in [4.78, 5) is 14.1. The van der Waals surface area contributed by atoms with E-state index in [4.69, 9.17) is 0 Å². The molecule has 0 radical (unpaired) electrons. The van der Waals surface area contributed by atoms with Crippen molar-refractivity contribution in [2.75, 3.05) is 0 Å². The Balaban J connectivity index is 2.24. The van der Waals surface area contributed by atoms with Crippen molar-refractivity contribution in [3.05, 3.63) is 29.8 Å². The van der Waals surface area contributed by atoms with Gasteiger partial charge in [0.1, 0.15) is 0 Å². The second kappa shape index (κ2) is 9.61. The molecule has 2 heteroatoms. The average Bonchev–Trinajstić information content (AvgIpc) is 2.40. The molecule has 0 atom stereocenters. The van der Waals surface area contributed by atoms with Crippen molar-refractivity contribution in [2.24, 2.45) is 4.99 Å². The Kier molecular flexibility index (Phi) is 7.83. The molecule has 0 unspecified atom stereocenters. The summed E-state index contributed by atoms with van der Waals surface area (Å²) in [5.74, 6) is 0. The molecule has 1 aromatic rings. The van der Waals surface area contributed by atoms with Crippen LogP contribution in [0.4, 0.5) is 5.69 Å². The van der Waals surface area contributed by atoms with Crippen molar-refractivity contribution < 1.29 is 4.79 Å². The summed E-state index contributed by atoms with van der Waals surface area (Å²) in [6, 6.07) is 7.83. The van der Waals surface area contributed by atoms with Gasteiger partial charge in [-0.1, -0.05) is 63.6 Å². The molecule has 1 aromatic carbocycles. The van der Waals surface area contributed by atoms with Crippen LogP contribution < -0.4 is 0 Å². The monoisotopic (exact) mass is 245 g/mol.